The van der Waals surface area contributed by atoms with Crippen LogP contribution in [0.5, 0.6) is 0 Å². The van der Waals surface area contributed by atoms with Crippen molar-refractivity contribution in [2.24, 2.45) is 0 Å². The molecular formula is C50H88NO9P. The maximum Gasteiger partial charge on any atom is 0.306 e. The number of rotatable bonds is 42. The molecule has 0 aliphatic rings. The predicted molar refractivity (Wildman–Crippen MR) is 251 cm³/mol. The van der Waals surface area contributed by atoms with Crippen LogP contribution in [0.2, 0.25) is 0 Å². The van der Waals surface area contributed by atoms with E-state index in [0.29, 0.717) is 36.7 Å². The number of aliphatic hydroxyl groups is 1. The number of hydrogen-bond acceptors (Lipinski definition) is 9. The van der Waals surface area contributed by atoms with Crippen LogP contribution in [0.4, 0.5) is 0 Å². The summed E-state index contributed by atoms with van der Waals surface area (Å²) in [7, 11) is 1.09. The minimum absolute atomic E-state index is 0.0539. The lowest BCUT2D eigenvalue weighted by Gasteiger charge is -2.28. The number of unbranched alkanes of at least 4 members (excludes halogenated alkanes) is 16. The Morgan fingerprint density at radius 2 is 1.11 bits per heavy atom. The first-order chi connectivity index (χ1) is 29.4. The SMILES string of the molecule is CCCCC/C=C\C=C/[C@@H](O)C/C=C\C/C=C/CCCC(=O)OC[C@H](COP(=O)([O-])OCC[N+](C)(C)C)OC(=O)CCCCCCCCCCC/C=C\C/C=C\CCCCC. The van der Waals surface area contributed by atoms with Gasteiger partial charge in [0.1, 0.15) is 19.8 Å². The lowest BCUT2D eigenvalue weighted by atomic mass is 10.1. The van der Waals surface area contributed by atoms with Gasteiger partial charge in [-0.2, -0.15) is 0 Å². The molecule has 3 atom stereocenters. The average Bonchev–Trinajstić information content (AvgIpc) is 3.21. The van der Waals surface area contributed by atoms with Crippen LogP contribution in [0.1, 0.15) is 174 Å². The van der Waals surface area contributed by atoms with Crippen molar-refractivity contribution < 1.29 is 47.2 Å². The van der Waals surface area contributed by atoms with Gasteiger partial charge >= 0.3 is 11.9 Å². The fourth-order valence-electron chi connectivity index (χ4n) is 5.99. The number of aliphatic hydroxyl groups excluding tert-OH is 1. The second-order valence-corrected chi connectivity index (χ2v) is 18.4. The van der Waals surface area contributed by atoms with Crippen LogP contribution in [0.3, 0.4) is 0 Å². The number of ether oxygens (including phenoxy) is 2. The Balaban J connectivity index is 4.46. The zero-order valence-electron chi connectivity index (χ0n) is 39.2. The molecule has 0 aliphatic carbocycles. The summed E-state index contributed by atoms with van der Waals surface area (Å²) in [4.78, 5) is 37.6. The molecule has 1 N–H and O–H groups in total. The van der Waals surface area contributed by atoms with Crippen molar-refractivity contribution in [2.45, 2.75) is 187 Å². The van der Waals surface area contributed by atoms with Crippen molar-refractivity contribution >= 4 is 19.8 Å². The predicted octanol–water partition coefficient (Wildman–Crippen LogP) is 12.1. The molecule has 0 aromatic rings. The van der Waals surface area contributed by atoms with Gasteiger partial charge in [-0.15, -0.1) is 0 Å². The summed E-state index contributed by atoms with van der Waals surface area (Å²) in [5.74, 6) is -0.950. The lowest BCUT2D eigenvalue weighted by Crippen LogP contribution is -2.37. The number of phosphoric acid groups is 1. The van der Waals surface area contributed by atoms with Crippen LogP contribution in [0.15, 0.2) is 72.9 Å². The van der Waals surface area contributed by atoms with Gasteiger partial charge in [0.25, 0.3) is 7.82 Å². The Morgan fingerprint density at radius 3 is 1.70 bits per heavy atom. The average molecular weight is 878 g/mol. The molecule has 0 saturated heterocycles. The molecule has 0 amide bonds. The topological polar surface area (TPSA) is 131 Å². The van der Waals surface area contributed by atoms with Crippen LogP contribution >= 0.6 is 7.82 Å². The van der Waals surface area contributed by atoms with Crippen molar-refractivity contribution in [1.29, 1.82) is 0 Å². The molecule has 0 aliphatic heterocycles. The molecule has 10 nitrogen and oxygen atoms in total. The molecule has 0 bridgehead atoms. The molecule has 0 radical (unpaired) electrons. The van der Waals surface area contributed by atoms with Crippen molar-refractivity contribution in [3.05, 3.63) is 72.9 Å². The molecular weight excluding hydrogens is 790 g/mol. The van der Waals surface area contributed by atoms with Crippen LogP contribution in [0.25, 0.3) is 0 Å². The quantitative estimate of drug-likeness (QED) is 0.0159. The summed E-state index contributed by atoms with van der Waals surface area (Å²) in [6, 6.07) is 0. The molecule has 61 heavy (non-hydrogen) atoms. The normalized spacial score (nSPS) is 14.7. The van der Waals surface area contributed by atoms with E-state index >= 15 is 0 Å². The van der Waals surface area contributed by atoms with E-state index in [9.17, 15) is 24.2 Å². The van der Waals surface area contributed by atoms with E-state index in [-0.39, 0.29) is 26.1 Å². The minimum Gasteiger partial charge on any atom is -0.756 e. The van der Waals surface area contributed by atoms with Gasteiger partial charge in [-0.1, -0.05) is 157 Å². The molecule has 0 heterocycles. The third-order valence-corrected chi connectivity index (χ3v) is 10.7. The molecule has 0 rings (SSSR count). The highest BCUT2D eigenvalue weighted by molar-refractivity contribution is 7.45. The molecule has 352 valence electrons. The molecule has 0 fully saturated rings. The summed E-state index contributed by atoms with van der Waals surface area (Å²) in [5, 5.41) is 10.1. The Morgan fingerprint density at radius 1 is 0.607 bits per heavy atom. The highest BCUT2D eigenvalue weighted by Crippen LogP contribution is 2.38. The monoisotopic (exact) mass is 878 g/mol. The van der Waals surface area contributed by atoms with Gasteiger partial charge in [0, 0.05) is 12.8 Å². The van der Waals surface area contributed by atoms with Gasteiger partial charge in [-0.05, 0) is 77.0 Å². The Bertz CT molecular complexity index is 1280. The lowest BCUT2D eigenvalue weighted by molar-refractivity contribution is -0.870. The zero-order chi connectivity index (χ0) is 45.1. The summed E-state index contributed by atoms with van der Waals surface area (Å²) in [6.07, 6.45) is 48.1. The zero-order valence-corrected chi connectivity index (χ0v) is 40.1. The third kappa shape index (κ3) is 45.3. The van der Waals surface area contributed by atoms with E-state index in [2.05, 4.69) is 44.2 Å². The number of hydrogen-bond donors (Lipinski definition) is 1. The van der Waals surface area contributed by atoms with E-state index in [4.69, 9.17) is 18.5 Å². The number of carbonyl (C=O) groups is 2. The third-order valence-electron chi connectivity index (χ3n) is 9.78. The Kier molecular flexibility index (Phi) is 39.7. The van der Waals surface area contributed by atoms with Crippen LogP contribution in [0, 0.1) is 0 Å². The number of quaternary nitrogens is 1. The largest absolute Gasteiger partial charge is 0.756 e. The first kappa shape index (κ1) is 58.4. The summed E-state index contributed by atoms with van der Waals surface area (Å²) < 4.78 is 33.9. The fourth-order valence-corrected chi connectivity index (χ4v) is 6.72. The second kappa shape index (κ2) is 41.4. The Hall–Kier alpha value is -2.59. The van der Waals surface area contributed by atoms with Crippen molar-refractivity contribution in [3.8, 4) is 0 Å². The first-order valence-corrected chi connectivity index (χ1v) is 25.2. The van der Waals surface area contributed by atoms with Crippen molar-refractivity contribution in [1.82, 2.24) is 0 Å². The highest BCUT2D eigenvalue weighted by atomic mass is 31.2. The van der Waals surface area contributed by atoms with E-state index in [1.165, 1.54) is 77.0 Å². The number of nitrogens with zero attached hydrogens (tertiary/aromatic N) is 1. The van der Waals surface area contributed by atoms with Gasteiger partial charge in [0.05, 0.1) is 33.9 Å². The minimum atomic E-state index is -4.66. The molecule has 0 aromatic carbocycles. The van der Waals surface area contributed by atoms with Crippen molar-refractivity contribution in [2.75, 3.05) is 47.5 Å². The Labute approximate surface area is 372 Å². The fraction of sp³-hybridized carbons (Fsp3) is 0.720. The van der Waals surface area contributed by atoms with E-state index in [1.54, 1.807) is 6.08 Å². The van der Waals surface area contributed by atoms with Gasteiger partial charge in [0.15, 0.2) is 6.10 Å². The first-order valence-electron chi connectivity index (χ1n) is 23.8. The number of esters is 2. The van der Waals surface area contributed by atoms with Crippen molar-refractivity contribution in [3.63, 3.8) is 0 Å². The number of phosphoric ester groups is 1. The van der Waals surface area contributed by atoms with Crippen LogP contribution in [-0.2, 0) is 32.7 Å². The van der Waals surface area contributed by atoms with Gasteiger partial charge in [-0.25, -0.2) is 0 Å². The standard InChI is InChI=1S/C50H88NO9P/c1-6-8-10-12-14-15-16-17-18-19-20-21-22-23-24-25-29-34-38-42-50(54)60-48(46-59-61(55,56)58-44-43-51(3,4)5)45-57-49(53)41-37-33-30-26-28-32-36-40-47(52)39-35-31-27-13-11-9-7-2/h14-15,17-18,26-27,30-32,35-36,39,47-48,52H,6-13,16,19-25,28-29,33-34,37-38,40-46H2,1-5H3/b15-14-,18-17-,30-26+,31-27-,36-32-,39-35-/t47-,48-/m1/s1. The smallest absolute Gasteiger partial charge is 0.306 e. The number of likely N-dealkylation sites (N-methyl/N-ethyl adjacent to an activating group) is 1. The summed E-state index contributed by atoms with van der Waals surface area (Å²) >= 11 is 0. The maximum absolute atomic E-state index is 12.7. The van der Waals surface area contributed by atoms with Crippen LogP contribution < -0.4 is 4.89 Å². The van der Waals surface area contributed by atoms with Gasteiger partial charge in [0.2, 0.25) is 0 Å². The molecule has 1 unspecified atom stereocenters. The van der Waals surface area contributed by atoms with E-state index in [0.717, 1.165) is 44.9 Å². The molecule has 11 heteroatoms. The number of carbonyl (C=O) groups excluding carboxylic acids is 2. The molecule has 0 saturated carbocycles. The highest BCUT2D eigenvalue weighted by Gasteiger charge is 2.21. The van der Waals surface area contributed by atoms with Crippen LogP contribution in [-0.4, -0.2) is 81.2 Å². The van der Waals surface area contributed by atoms with E-state index in [1.807, 2.05) is 57.6 Å². The van der Waals surface area contributed by atoms with Gasteiger partial charge < -0.3 is 33.0 Å². The summed E-state index contributed by atoms with van der Waals surface area (Å²) in [6.45, 7) is 4.01. The number of allylic oxidation sites excluding steroid dienone is 10. The van der Waals surface area contributed by atoms with E-state index < -0.39 is 38.6 Å². The second-order valence-electron chi connectivity index (χ2n) is 17.0. The molecule has 0 spiro atoms. The summed E-state index contributed by atoms with van der Waals surface area (Å²) in [5.41, 5.74) is 0. The maximum atomic E-state index is 12.7. The molecule has 0 aromatic heterocycles. The van der Waals surface area contributed by atoms with Gasteiger partial charge in [-0.3, -0.25) is 14.2 Å².